The van der Waals surface area contributed by atoms with Gasteiger partial charge in [-0.15, -0.1) is 10.2 Å². The van der Waals surface area contributed by atoms with Gasteiger partial charge in [0.15, 0.2) is 0 Å². The Morgan fingerprint density at radius 3 is 2.52 bits per heavy atom. The molecule has 0 unspecified atom stereocenters. The van der Waals surface area contributed by atoms with Crippen LogP contribution in [0.2, 0.25) is 0 Å². The first-order valence-corrected chi connectivity index (χ1v) is 9.19. The van der Waals surface area contributed by atoms with Crippen molar-refractivity contribution in [1.82, 2.24) is 24.6 Å². The van der Waals surface area contributed by atoms with E-state index in [2.05, 4.69) is 20.6 Å². The number of benzene rings is 2. The highest BCUT2D eigenvalue weighted by Crippen LogP contribution is 2.27. The zero-order valence-corrected chi connectivity index (χ0v) is 14.8. The normalized spacial score (nSPS) is 11.6. The van der Waals surface area contributed by atoms with E-state index in [4.69, 9.17) is 11.8 Å². The number of para-hydroxylation sites is 1. The smallest absolute Gasteiger partial charge is 0.274 e. The van der Waals surface area contributed by atoms with Crippen molar-refractivity contribution in [3.63, 3.8) is 0 Å². The standard InChI is InChI=1S/C15H15ClN6O2S/c1-2-21(13-8-4-3-5-9-13)22(16)25(23,24)14-10-6-7-12(11-14)15-17-19-20-18-15/h3-11H,2H2,1H3,(H,17,18,19,20). The molecule has 0 spiro atoms. The Balaban J connectivity index is 1.97. The summed E-state index contributed by atoms with van der Waals surface area (Å²) in [6.45, 7) is 2.19. The summed E-state index contributed by atoms with van der Waals surface area (Å²) < 4.78 is 26.6. The lowest BCUT2D eigenvalue weighted by Crippen LogP contribution is -2.40. The van der Waals surface area contributed by atoms with Crippen LogP contribution in [0.3, 0.4) is 0 Å². The van der Waals surface area contributed by atoms with E-state index in [1.807, 2.05) is 25.1 Å². The van der Waals surface area contributed by atoms with Crippen LogP contribution in [0.25, 0.3) is 11.4 Å². The minimum absolute atomic E-state index is 0.0270. The Kier molecular flexibility index (Phi) is 4.98. The lowest BCUT2D eigenvalue weighted by molar-refractivity contribution is 0.519. The molecular weight excluding hydrogens is 364 g/mol. The minimum Gasteiger partial charge on any atom is -0.278 e. The van der Waals surface area contributed by atoms with E-state index < -0.39 is 10.0 Å². The second-order valence-corrected chi connectivity index (χ2v) is 7.30. The highest BCUT2D eigenvalue weighted by molar-refractivity contribution is 7.90. The number of rotatable bonds is 6. The number of aromatic nitrogens is 4. The van der Waals surface area contributed by atoms with Crippen LogP contribution in [-0.2, 0) is 10.0 Å². The molecule has 0 fully saturated rings. The molecule has 1 aromatic heterocycles. The minimum atomic E-state index is -3.97. The molecule has 8 nitrogen and oxygen atoms in total. The fourth-order valence-corrected chi connectivity index (χ4v) is 3.88. The molecule has 0 atom stereocenters. The van der Waals surface area contributed by atoms with Gasteiger partial charge in [0.25, 0.3) is 10.0 Å². The number of anilines is 1. The van der Waals surface area contributed by atoms with Crippen molar-refractivity contribution >= 4 is 27.5 Å². The molecule has 0 saturated heterocycles. The van der Waals surface area contributed by atoms with Gasteiger partial charge in [-0.25, -0.2) is 8.42 Å². The van der Waals surface area contributed by atoms with E-state index in [-0.39, 0.29) is 4.90 Å². The Morgan fingerprint density at radius 1 is 1.12 bits per heavy atom. The predicted molar refractivity (Wildman–Crippen MR) is 94.0 cm³/mol. The van der Waals surface area contributed by atoms with E-state index in [1.54, 1.807) is 24.3 Å². The fraction of sp³-hybridized carbons (Fsp3) is 0.133. The molecule has 130 valence electrons. The summed E-state index contributed by atoms with van der Waals surface area (Å²) in [6.07, 6.45) is 0. The van der Waals surface area contributed by atoms with Crippen LogP contribution < -0.4 is 5.01 Å². The summed E-state index contributed by atoms with van der Waals surface area (Å²) in [4.78, 5) is 0.0270. The average Bonchev–Trinajstić information content (AvgIpc) is 3.18. The number of nitrogens with zero attached hydrogens (tertiary/aromatic N) is 5. The average molecular weight is 379 g/mol. The van der Waals surface area contributed by atoms with E-state index in [1.165, 1.54) is 17.1 Å². The lowest BCUT2D eigenvalue weighted by atomic mass is 10.2. The van der Waals surface area contributed by atoms with Gasteiger partial charge >= 0.3 is 0 Å². The number of aromatic amines is 1. The largest absolute Gasteiger partial charge is 0.278 e. The van der Waals surface area contributed by atoms with Crippen LogP contribution >= 0.6 is 11.8 Å². The second-order valence-electron chi connectivity index (χ2n) is 5.02. The monoisotopic (exact) mass is 378 g/mol. The molecule has 10 heteroatoms. The van der Waals surface area contributed by atoms with Crippen molar-refractivity contribution in [3.05, 3.63) is 54.6 Å². The summed E-state index contributed by atoms with van der Waals surface area (Å²) in [5.74, 6) is 0.300. The lowest BCUT2D eigenvalue weighted by Gasteiger charge is -2.29. The Hall–Kier alpha value is -2.49. The molecule has 2 aromatic carbocycles. The molecule has 3 rings (SSSR count). The van der Waals surface area contributed by atoms with E-state index in [9.17, 15) is 8.42 Å². The van der Waals surface area contributed by atoms with Crippen LogP contribution in [-0.4, -0.2) is 39.5 Å². The summed E-state index contributed by atoms with van der Waals surface area (Å²) in [5, 5.41) is 15.0. The summed E-state index contributed by atoms with van der Waals surface area (Å²) in [7, 11) is -3.97. The van der Waals surface area contributed by atoms with Gasteiger partial charge in [0, 0.05) is 23.9 Å². The highest BCUT2D eigenvalue weighted by atomic mass is 35.5. The maximum Gasteiger partial charge on any atom is 0.274 e. The summed E-state index contributed by atoms with van der Waals surface area (Å²) in [5.41, 5.74) is 1.18. The quantitative estimate of drug-likeness (QED) is 0.523. The highest BCUT2D eigenvalue weighted by Gasteiger charge is 2.29. The SMILES string of the molecule is CCN(c1ccccc1)N(Cl)S(=O)(=O)c1cccc(-c2nn[nH]n2)c1. The van der Waals surface area contributed by atoms with Gasteiger partial charge in [0.1, 0.15) is 0 Å². The molecule has 0 aliphatic rings. The molecule has 1 heterocycles. The van der Waals surface area contributed by atoms with Crippen molar-refractivity contribution in [2.75, 3.05) is 11.6 Å². The second kappa shape index (κ2) is 7.18. The van der Waals surface area contributed by atoms with Gasteiger partial charge in [-0.05, 0) is 40.3 Å². The molecular formula is C15H15ClN6O2S. The van der Waals surface area contributed by atoms with Crippen LogP contribution in [0.5, 0.6) is 0 Å². The number of halogens is 1. The number of hydrogen-bond donors (Lipinski definition) is 1. The fourth-order valence-electron chi connectivity index (χ4n) is 2.28. The Bertz CT molecular complexity index is 934. The third-order valence-corrected chi connectivity index (χ3v) is 5.65. The maximum atomic E-state index is 12.9. The van der Waals surface area contributed by atoms with Crippen LogP contribution in [0.1, 0.15) is 6.92 Å². The molecule has 0 aliphatic heterocycles. The molecule has 25 heavy (non-hydrogen) atoms. The molecule has 0 bridgehead atoms. The van der Waals surface area contributed by atoms with Gasteiger partial charge in [0.05, 0.1) is 10.6 Å². The molecule has 0 radical (unpaired) electrons. The predicted octanol–water partition coefficient (Wildman–Crippen LogP) is 2.45. The van der Waals surface area contributed by atoms with Crippen molar-refractivity contribution in [1.29, 1.82) is 0 Å². The first-order chi connectivity index (χ1) is 12.0. The zero-order chi connectivity index (χ0) is 17.9. The number of sulfonamides is 1. The summed E-state index contributed by atoms with van der Waals surface area (Å²) >= 11 is 6.21. The Labute approximate surface area is 150 Å². The van der Waals surface area contributed by atoms with Gasteiger partial charge in [-0.2, -0.15) is 5.21 Å². The van der Waals surface area contributed by atoms with Crippen LogP contribution in [0.4, 0.5) is 5.69 Å². The van der Waals surface area contributed by atoms with Gasteiger partial charge < -0.3 is 0 Å². The van der Waals surface area contributed by atoms with Crippen molar-refractivity contribution in [2.45, 2.75) is 11.8 Å². The molecule has 0 amide bonds. The first-order valence-electron chi connectivity index (χ1n) is 7.41. The first kappa shape index (κ1) is 17.3. The van der Waals surface area contributed by atoms with Crippen molar-refractivity contribution < 1.29 is 8.42 Å². The van der Waals surface area contributed by atoms with Crippen LogP contribution in [0.15, 0.2) is 59.5 Å². The van der Waals surface area contributed by atoms with Gasteiger partial charge in [-0.1, -0.05) is 30.3 Å². The molecule has 1 N–H and O–H groups in total. The van der Waals surface area contributed by atoms with Gasteiger partial charge in [0.2, 0.25) is 5.82 Å². The maximum absolute atomic E-state index is 12.9. The number of H-pyrrole nitrogens is 1. The molecule has 0 saturated carbocycles. The topological polar surface area (TPSA) is 95.1 Å². The van der Waals surface area contributed by atoms with Crippen molar-refractivity contribution in [2.24, 2.45) is 0 Å². The van der Waals surface area contributed by atoms with Crippen molar-refractivity contribution in [3.8, 4) is 11.4 Å². The van der Waals surface area contributed by atoms with E-state index in [0.717, 1.165) is 3.93 Å². The van der Waals surface area contributed by atoms with E-state index in [0.29, 0.717) is 23.6 Å². The third-order valence-electron chi connectivity index (χ3n) is 3.48. The Morgan fingerprint density at radius 2 is 1.88 bits per heavy atom. The number of nitrogens with one attached hydrogen (secondary N) is 1. The molecule has 3 aromatic rings. The third kappa shape index (κ3) is 3.48. The summed E-state index contributed by atoms with van der Waals surface area (Å²) in [6, 6.07) is 15.2. The number of hydrogen-bond acceptors (Lipinski definition) is 6. The van der Waals surface area contributed by atoms with E-state index >= 15 is 0 Å². The number of tetrazole rings is 1. The molecule has 0 aliphatic carbocycles. The zero-order valence-electron chi connectivity index (χ0n) is 13.2. The number of hydrazine groups is 1. The van der Waals surface area contributed by atoms with Gasteiger partial charge in [-0.3, -0.25) is 5.01 Å². The van der Waals surface area contributed by atoms with Crippen LogP contribution in [0, 0.1) is 0 Å².